The minimum Gasteiger partial charge on any atom is -0.368 e. The van der Waals surface area contributed by atoms with E-state index >= 15 is 0 Å². The Kier molecular flexibility index (Phi) is 4.29. The third-order valence-corrected chi connectivity index (χ3v) is 3.60. The van der Waals surface area contributed by atoms with Crippen molar-refractivity contribution in [2.45, 2.75) is 25.9 Å². The third kappa shape index (κ3) is 3.94. The molecule has 2 rings (SSSR count). The van der Waals surface area contributed by atoms with Crippen LogP contribution in [0.25, 0.3) is 0 Å². The van der Waals surface area contributed by atoms with E-state index in [1.54, 1.807) is 25.1 Å². The lowest BCUT2D eigenvalue weighted by Crippen LogP contribution is -2.26. The van der Waals surface area contributed by atoms with Crippen molar-refractivity contribution in [1.82, 2.24) is 0 Å². The molecular formula is C13H18N2O4S. The van der Waals surface area contributed by atoms with Crippen molar-refractivity contribution in [3.63, 3.8) is 0 Å². The zero-order valence-corrected chi connectivity index (χ0v) is 12.3. The van der Waals surface area contributed by atoms with Crippen LogP contribution in [0.5, 0.6) is 0 Å². The van der Waals surface area contributed by atoms with Crippen LogP contribution in [-0.4, -0.2) is 33.3 Å². The molecule has 1 fully saturated rings. The predicted molar refractivity (Wildman–Crippen MR) is 77.2 cm³/mol. The summed E-state index contributed by atoms with van der Waals surface area (Å²) >= 11 is 0. The van der Waals surface area contributed by atoms with E-state index in [4.69, 9.17) is 4.74 Å². The Hall–Kier alpha value is -1.60. The first kappa shape index (κ1) is 14.8. The van der Waals surface area contributed by atoms with Crippen molar-refractivity contribution < 1.29 is 17.9 Å². The van der Waals surface area contributed by atoms with Crippen molar-refractivity contribution in [1.29, 1.82) is 0 Å². The van der Waals surface area contributed by atoms with Crippen LogP contribution >= 0.6 is 0 Å². The van der Waals surface area contributed by atoms with Gasteiger partial charge in [-0.1, -0.05) is 0 Å². The zero-order valence-electron chi connectivity index (χ0n) is 11.5. The molecular weight excluding hydrogens is 280 g/mol. The van der Waals surface area contributed by atoms with Crippen LogP contribution in [0, 0.1) is 6.92 Å². The molecule has 2 N–H and O–H groups in total. The summed E-state index contributed by atoms with van der Waals surface area (Å²) in [5.41, 5.74) is 1.87. The van der Waals surface area contributed by atoms with Crippen molar-refractivity contribution in [2.24, 2.45) is 0 Å². The zero-order chi connectivity index (χ0) is 14.8. The first-order valence-electron chi connectivity index (χ1n) is 6.36. The van der Waals surface area contributed by atoms with Crippen molar-refractivity contribution >= 4 is 27.3 Å². The molecule has 0 radical (unpaired) electrons. The van der Waals surface area contributed by atoms with Crippen LogP contribution in [0.3, 0.4) is 0 Å². The Morgan fingerprint density at radius 2 is 2.15 bits per heavy atom. The number of amides is 1. The second kappa shape index (κ2) is 5.80. The van der Waals surface area contributed by atoms with Gasteiger partial charge in [-0.2, -0.15) is 0 Å². The van der Waals surface area contributed by atoms with Crippen molar-refractivity contribution in [3.8, 4) is 0 Å². The van der Waals surface area contributed by atoms with Gasteiger partial charge in [-0.25, -0.2) is 8.42 Å². The summed E-state index contributed by atoms with van der Waals surface area (Å²) in [6.07, 6.45) is 2.34. The average molecular weight is 298 g/mol. The fraction of sp³-hybridized carbons (Fsp3) is 0.462. The smallest absolute Gasteiger partial charge is 0.253 e. The summed E-state index contributed by atoms with van der Waals surface area (Å²) in [7, 11) is -3.31. The fourth-order valence-corrected chi connectivity index (χ4v) is 2.69. The SMILES string of the molecule is Cc1cc(NC(=O)C2CCCO2)ccc1NS(C)(=O)=O. The molecule has 1 heterocycles. The molecule has 6 nitrogen and oxygen atoms in total. The van der Waals surface area contributed by atoms with Gasteiger partial charge in [-0.3, -0.25) is 9.52 Å². The van der Waals surface area contributed by atoms with Crippen LogP contribution in [0.4, 0.5) is 11.4 Å². The Morgan fingerprint density at radius 3 is 2.70 bits per heavy atom. The lowest BCUT2D eigenvalue weighted by molar-refractivity contribution is -0.124. The van der Waals surface area contributed by atoms with E-state index in [0.29, 0.717) is 18.0 Å². The predicted octanol–water partition coefficient (Wildman–Crippen LogP) is 1.48. The molecule has 1 aromatic carbocycles. The van der Waals surface area contributed by atoms with Gasteiger partial charge in [0.25, 0.3) is 5.91 Å². The summed E-state index contributed by atoms with van der Waals surface area (Å²) in [6.45, 7) is 2.39. The highest BCUT2D eigenvalue weighted by Gasteiger charge is 2.23. The van der Waals surface area contributed by atoms with Gasteiger partial charge in [0.2, 0.25) is 10.0 Å². The molecule has 1 aromatic rings. The summed E-state index contributed by atoms with van der Waals surface area (Å²) in [5.74, 6) is -0.161. The quantitative estimate of drug-likeness (QED) is 0.882. The largest absolute Gasteiger partial charge is 0.368 e. The number of nitrogens with one attached hydrogen (secondary N) is 2. The second-order valence-corrected chi connectivity index (χ2v) is 6.64. The number of benzene rings is 1. The first-order chi connectivity index (χ1) is 9.35. The monoisotopic (exact) mass is 298 g/mol. The van der Waals surface area contributed by atoms with Gasteiger partial charge in [-0.05, 0) is 43.5 Å². The topological polar surface area (TPSA) is 84.5 Å². The normalized spacial score (nSPS) is 18.8. The van der Waals surface area contributed by atoms with E-state index in [0.717, 1.165) is 24.7 Å². The Morgan fingerprint density at radius 1 is 1.40 bits per heavy atom. The highest BCUT2D eigenvalue weighted by atomic mass is 32.2. The van der Waals surface area contributed by atoms with Gasteiger partial charge in [-0.15, -0.1) is 0 Å². The van der Waals surface area contributed by atoms with E-state index in [1.807, 2.05) is 0 Å². The summed E-state index contributed by atoms with van der Waals surface area (Å²) < 4.78 is 30.1. The average Bonchev–Trinajstić information content (AvgIpc) is 2.85. The summed E-state index contributed by atoms with van der Waals surface area (Å²) in [6, 6.07) is 5.01. The highest BCUT2D eigenvalue weighted by Crippen LogP contribution is 2.21. The van der Waals surface area contributed by atoms with Gasteiger partial charge >= 0.3 is 0 Å². The van der Waals surface area contributed by atoms with Crippen LogP contribution in [0.2, 0.25) is 0 Å². The molecule has 1 amide bonds. The molecule has 0 spiro atoms. The molecule has 1 atom stereocenters. The molecule has 1 saturated heterocycles. The number of hydrogen-bond donors (Lipinski definition) is 2. The third-order valence-electron chi connectivity index (χ3n) is 3.01. The number of rotatable bonds is 4. The van der Waals surface area contributed by atoms with Crippen LogP contribution in [0.15, 0.2) is 18.2 Å². The molecule has 20 heavy (non-hydrogen) atoms. The first-order valence-corrected chi connectivity index (χ1v) is 8.25. The molecule has 110 valence electrons. The van der Waals surface area contributed by atoms with E-state index < -0.39 is 10.0 Å². The maximum atomic E-state index is 11.9. The molecule has 0 bridgehead atoms. The lowest BCUT2D eigenvalue weighted by Gasteiger charge is -2.13. The van der Waals surface area contributed by atoms with Crippen LogP contribution in [-0.2, 0) is 19.6 Å². The Bertz CT molecular complexity index is 607. The van der Waals surface area contributed by atoms with Gasteiger partial charge in [0.15, 0.2) is 0 Å². The molecule has 0 aromatic heterocycles. The Labute approximate surface area is 118 Å². The Balaban J connectivity index is 2.07. The molecule has 1 aliphatic heterocycles. The van der Waals surface area contributed by atoms with Gasteiger partial charge in [0.1, 0.15) is 6.10 Å². The minimum atomic E-state index is -3.31. The summed E-state index contributed by atoms with van der Waals surface area (Å²) in [4.78, 5) is 11.9. The van der Waals surface area contributed by atoms with Gasteiger partial charge in [0.05, 0.1) is 11.9 Å². The number of aryl methyl sites for hydroxylation is 1. The molecule has 7 heteroatoms. The van der Waals surface area contributed by atoms with Crippen molar-refractivity contribution in [2.75, 3.05) is 22.9 Å². The maximum absolute atomic E-state index is 11.9. The fourth-order valence-electron chi connectivity index (χ4n) is 2.06. The maximum Gasteiger partial charge on any atom is 0.253 e. The van der Waals surface area contributed by atoms with Gasteiger partial charge < -0.3 is 10.1 Å². The van der Waals surface area contributed by atoms with E-state index in [-0.39, 0.29) is 12.0 Å². The van der Waals surface area contributed by atoms with E-state index in [2.05, 4.69) is 10.0 Å². The molecule has 0 saturated carbocycles. The number of sulfonamides is 1. The number of anilines is 2. The molecule has 0 aliphatic carbocycles. The van der Waals surface area contributed by atoms with Crippen molar-refractivity contribution in [3.05, 3.63) is 23.8 Å². The lowest BCUT2D eigenvalue weighted by atomic mass is 10.1. The number of carbonyl (C=O) groups excluding carboxylic acids is 1. The van der Waals surface area contributed by atoms with Crippen LogP contribution < -0.4 is 10.0 Å². The van der Waals surface area contributed by atoms with E-state index in [1.165, 1.54) is 0 Å². The van der Waals surface area contributed by atoms with E-state index in [9.17, 15) is 13.2 Å². The standard InChI is InChI=1S/C13H18N2O4S/c1-9-8-10(5-6-11(9)15-20(2,17)18)14-13(16)12-4-3-7-19-12/h5-6,8,12,15H,3-4,7H2,1-2H3,(H,14,16). The second-order valence-electron chi connectivity index (χ2n) is 4.89. The number of hydrogen-bond acceptors (Lipinski definition) is 4. The molecule has 1 aliphatic rings. The highest BCUT2D eigenvalue weighted by molar-refractivity contribution is 7.92. The molecule has 1 unspecified atom stereocenters. The number of carbonyl (C=O) groups is 1. The summed E-state index contributed by atoms with van der Waals surface area (Å²) in [5, 5.41) is 2.77. The van der Waals surface area contributed by atoms with Gasteiger partial charge in [0, 0.05) is 12.3 Å². The number of ether oxygens (including phenoxy) is 1. The minimum absolute atomic E-state index is 0.161. The van der Waals surface area contributed by atoms with Crippen LogP contribution in [0.1, 0.15) is 18.4 Å².